The molecule has 6 nitrogen and oxygen atoms in total. The van der Waals surface area contributed by atoms with Crippen LogP contribution in [0.15, 0.2) is 42.5 Å². The van der Waals surface area contributed by atoms with Gasteiger partial charge < -0.3 is 20.1 Å². The summed E-state index contributed by atoms with van der Waals surface area (Å²) >= 11 is 0. The van der Waals surface area contributed by atoms with Gasteiger partial charge in [-0.05, 0) is 43.5 Å². The summed E-state index contributed by atoms with van der Waals surface area (Å²) in [6, 6.07) is 12.3. The molecule has 2 atom stereocenters. The molecule has 168 valence electrons. The van der Waals surface area contributed by atoms with E-state index >= 15 is 0 Å². The van der Waals surface area contributed by atoms with Gasteiger partial charge in [0.15, 0.2) is 0 Å². The average molecular weight is 433 g/mol. The topological polar surface area (TPSA) is 62.8 Å². The molecule has 1 aliphatic rings. The van der Waals surface area contributed by atoms with Crippen LogP contribution in [0.3, 0.4) is 0 Å². The number of halogens is 2. The number of carbonyl (C=O) groups excluding carboxylic acids is 1. The molecule has 2 unspecified atom stereocenters. The Morgan fingerprint density at radius 2 is 1.87 bits per heavy atom. The lowest BCUT2D eigenvalue weighted by atomic mass is 10.1. The number of alkyl halides is 2. The summed E-state index contributed by atoms with van der Waals surface area (Å²) in [7, 11) is 0. The Hall–Kier alpha value is -2.71. The first-order valence-corrected chi connectivity index (χ1v) is 10.3. The van der Waals surface area contributed by atoms with Crippen molar-refractivity contribution in [2.45, 2.75) is 52.7 Å². The summed E-state index contributed by atoms with van der Waals surface area (Å²) in [5.74, 6) is 0.0345. The van der Waals surface area contributed by atoms with Crippen LogP contribution >= 0.6 is 0 Å². The van der Waals surface area contributed by atoms with E-state index in [1.54, 1.807) is 19.1 Å². The van der Waals surface area contributed by atoms with E-state index in [0.29, 0.717) is 17.8 Å². The van der Waals surface area contributed by atoms with Gasteiger partial charge in [-0.25, -0.2) is 4.79 Å². The molecule has 2 aromatic rings. The molecule has 0 radical (unpaired) electrons. The molecule has 0 spiro atoms. The van der Waals surface area contributed by atoms with Gasteiger partial charge in [0.1, 0.15) is 5.75 Å². The van der Waals surface area contributed by atoms with Gasteiger partial charge in [-0.2, -0.15) is 8.78 Å². The molecule has 0 bridgehead atoms. The van der Waals surface area contributed by atoms with E-state index in [1.807, 2.05) is 12.1 Å². The maximum atomic E-state index is 12.5. The Bertz CT molecular complexity index is 884. The molecule has 31 heavy (non-hydrogen) atoms. The monoisotopic (exact) mass is 433 g/mol. The second-order valence-corrected chi connectivity index (χ2v) is 7.94. The van der Waals surface area contributed by atoms with Gasteiger partial charge >= 0.3 is 12.6 Å². The molecule has 1 saturated heterocycles. The van der Waals surface area contributed by atoms with Gasteiger partial charge in [-0.15, -0.1) is 0 Å². The summed E-state index contributed by atoms with van der Waals surface area (Å²) in [4.78, 5) is 14.6. The second-order valence-electron chi connectivity index (χ2n) is 7.94. The van der Waals surface area contributed by atoms with Crippen molar-refractivity contribution >= 4 is 11.7 Å². The van der Waals surface area contributed by atoms with Gasteiger partial charge in [0, 0.05) is 37.9 Å². The standard InChI is InChI=1S/C23H29F2N3O3/c1-15-7-8-20(10-21(15)31-22(24)25)27-23(29)26-11-18-5-4-6-19(9-18)14-28-12-16(2)30-17(3)13-28/h4-10,16-17,22H,11-14H2,1-3H3,(H2,26,27,29). The molecular weight excluding hydrogens is 404 g/mol. The first-order valence-electron chi connectivity index (χ1n) is 10.3. The molecule has 1 aliphatic heterocycles. The van der Waals surface area contributed by atoms with Gasteiger partial charge in [0.2, 0.25) is 0 Å². The number of morpholine rings is 1. The number of carbonyl (C=O) groups is 1. The lowest BCUT2D eigenvalue weighted by molar-refractivity contribution is -0.0705. The van der Waals surface area contributed by atoms with E-state index in [1.165, 1.54) is 11.6 Å². The van der Waals surface area contributed by atoms with Crippen molar-refractivity contribution in [2.75, 3.05) is 18.4 Å². The fraction of sp³-hybridized carbons (Fsp3) is 0.435. The number of hydrogen-bond acceptors (Lipinski definition) is 4. The van der Waals surface area contributed by atoms with Gasteiger partial charge in [-0.1, -0.05) is 30.3 Å². The van der Waals surface area contributed by atoms with E-state index in [-0.39, 0.29) is 18.0 Å². The average Bonchev–Trinajstić information content (AvgIpc) is 2.68. The van der Waals surface area contributed by atoms with Crippen molar-refractivity contribution in [3.8, 4) is 5.75 Å². The van der Waals surface area contributed by atoms with Gasteiger partial charge in [0.25, 0.3) is 0 Å². The smallest absolute Gasteiger partial charge is 0.387 e. The number of urea groups is 1. The number of nitrogens with one attached hydrogen (secondary N) is 2. The Balaban J connectivity index is 1.53. The number of anilines is 1. The molecule has 2 aromatic carbocycles. The molecule has 2 amide bonds. The minimum Gasteiger partial charge on any atom is -0.434 e. The van der Waals surface area contributed by atoms with Crippen molar-refractivity contribution < 1.29 is 23.0 Å². The molecule has 2 N–H and O–H groups in total. The van der Waals surface area contributed by atoms with Crippen LogP contribution in [0.25, 0.3) is 0 Å². The largest absolute Gasteiger partial charge is 0.434 e. The van der Waals surface area contributed by atoms with Crippen LogP contribution in [0, 0.1) is 6.92 Å². The lowest BCUT2D eigenvalue weighted by Crippen LogP contribution is -2.44. The number of hydrogen-bond donors (Lipinski definition) is 2. The predicted octanol–water partition coefficient (Wildman–Crippen LogP) is 4.53. The van der Waals surface area contributed by atoms with Crippen molar-refractivity contribution in [3.63, 3.8) is 0 Å². The zero-order valence-electron chi connectivity index (χ0n) is 18.0. The summed E-state index contributed by atoms with van der Waals surface area (Å²) in [6.07, 6.45) is 0.427. The van der Waals surface area contributed by atoms with Gasteiger partial charge in [0.05, 0.1) is 12.2 Å². The lowest BCUT2D eigenvalue weighted by Gasteiger charge is -2.35. The number of amides is 2. The van der Waals surface area contributed by atoms with Crippen LogP contribution in [-0.2, 0) is 17.8 Å². The highest BCUT2D eigenvalue weighted by atomic mass is 19.3. The summed E-state index contributed by atoms with van der Waals surface area (Å²) < 4.78 is 35.2. The Morgan fingerprint density at radius 1 is 1.16 bits per heavy atom. The van der Waals surface area contributed by atoms with Crippen molar-refractivity contribution in [1.29, 1.82) is 0 Å². The Morgan fingerprint density at radius 3 is 2.58 bits per heavy atom. The molecular formula is C23H29F2N3O3. The zero-order chi connectivity index (χ0) is 22.4. The summed E-state index contributed by atoms with van der Waals surface area (Å²) in [6.45, 7) is 5.87. The SMILES string of the molecule is Cc1ccc(NC(=O)NCc2cccc(CN3CC(C)OC(C)C3)c2)cc1OC(F)F. The quantitative estimate of drug-likeness (QED) is 0.674. The van der Waals surface area contributed by atoms with Crippen LogP contribution in [0.1, 0.15) is 30.5 Å². The van der Waals surface area contributed by atoms with Crippen LogP contribution in [0.4, 0.5) is 19.3 Å². The second kappa shape index (κ2) is 10.5. The van der Waals surface area contributed by atoms with E-state index in [0.717, 1.165) is 25.2 Å². The summed E-state index contributed by atoms with van der Waals surface area (Å²) in [5, 5.41) is 5.44. The van der Waals surface area contributed by atoms with Crippen LogP contribution in [0.5, 0.6) is 5.75 Å². The third kappa shape index (κ3) is 7.18. The van der Waals surface area contributed by atoms with Crippen molar-refractivity contribution in [3.05, 3.63) is 59.2 Å². The fourth-order valence-electron chi connectivity index (χ4n) is 3.77. The number of rotatable bonds is 7. The maximum absolute atomic E-state index is 12.5. The van der Waals surface area contributed by atoms with E-state index in [2.05, 4.69) is 46.3 Å². The van der Waals surface area contributed by atoms with Gasteiger partial charge in [-0.3, -0.25) is 4.90 Å². The molecule has 1 fully saturated rings. The number of benzene rings is 2. The fourth-order valence-corrected chi connectivity index (χ4v) is 3.77. The highest BCUT2D eigenvalue weighted by Crippen LogP contribution is 2.24. The Labute approximate surface area is 181 Å². The third-order valence-electron chi connectivity index (χ3n) is 5.01. The molecule has 1 heterocycles. The van der Waals surface area contributed by atoms with Crippen molar-refractivity contribution in [2.24, 2.45) is 0 Å². The number of ether oxygens (including phenoxy) is 2. The molecule has 0 aromatic heterocycles. The molecule has 8 heteroatoms. The summed E-state index contributed by atoms with van der Waals surface area (Å²) in [5.41, 5.74) is 3.09. The first-order chi connectivity index (χ1) is 14.8. The first kappa shape index (κ1) is 23.0. The molecule has 0 saturated carbocycles. The number of aryl methyl sites for hydroxylation is 1. The van der Waals surface area contributed by atoms with Crippen molar-refractivity contribution in [1.82, 2.24) is 10.2 Å². The molecule has 0 aliphatic carbocycles. The minimum atomic E-state index is -2.92. The number of nitrogens with zero attached hydrogens (tertiary/aromatic N) is 1. The zero-order valence-corrected chi connectivity index (χ0v) is 18.0. The predicted molar refractivity (Wildman–Crippen MR) is 115 cm³/mol. The minimum absolute atomic E-state index is 0.0345. The van der Waals surface area contributed by atoms with Crippen LogP contribution in [-0.4, -0.2) is 42.8 Å². The highest BCUT2D eigenvalue weighted by Gasteiger charge is 2.22. The third-order valence-corrected chi connectivity index (χ3v) is 5.01. The van der Waals surface area contributed by atoms with Crippen LogP contribution in [0.2, 0.25) is 0 Å². The maximum Gasteiger partial charge on any atom is 0.387 e. The normalized spacial score (nSPS) is 19.3. The van der Waals surface area contributed by atoms with Crippen LogP contribution < -0.4 is 15.4 Å². The van der Waals surface area contributed by atoms with E-state index < -0.39 is 12.6 Å². The Kier molecular flexibility index (Phi) is 7.81. The van der Waals surface area contributed by atoms with E-state index in [4.69, 9.17) is 4.74 Å². The highest BCUT2D eigenvalue weighted by molar-refractivity contribution is 5.89. The molecule has 3 rings (SSSR count). The van der Waals surface area contributed by atoms with E-state index in [9.17, 15) is 13.6 Å².